The first kappa shape index (κ1) is 19.2. The van der Waals surface area contributed by atoms with Crippen LogP contribution in [0.4, 0.5) is 11.4 Å². The normalized spacial score (nSPS) is 17.6. The largest absolute Gasteiger partial charge is 0.399 e. The van der Waals surface area contributed by atoms with E-state index in [0.717, 1.165) is 41.0 Å². The third kappa shape index (κ3) is 3.19. The lowest BCUT2D eigenvalue weighted by Crippen LogP contribution is -2.20. The lowest BCUT2D eigenvalue weighted by molar-refractivity contribution is 0.581. The van der Waals surface area contributed by atoms with Gasteiger partial charge in [-0.1, -0.05) is 17.7 Å². The molecule has 5 nitrogen and oxygen atoms in total. The molecule has 1 aliphatic heterocycles. The predicted octanol–water partition coefficient (Wildman–Crippen LogP) is 4.58. The third-order valence-electron chi connectivity index (χ3n) is 6.62. The van der Waals surface area contributed by atoms with E-state index in [1.807, 2.05) is 44.2 Å². The van der Waals surface area contributed by atoms with E-state index in [1.165, 1.54) is 23.2 Å². The molecule has 2 aromatic carbocycles. The molecular formula is C24H27N3O2S. The summed E-state index contributed by atoms with van der Waals surface area (Å²) in [6.45, 7) is 5.91. The average Bonchev–Trinajstić information content (AvgIpc) is 3.10. The van der Waals surface area contributed by atoms with Crippen molar-refractivity contribution in [2.75, 3.05) is 23.7 Å². The minimum atomic E-state index is -3.65. The molecule has 2 heterocycles. The molecule has 1 saturated carbocycles. The summed E-state index contributed by atoms with van der Waals surface area (Å²) in [5.74, 6) is 0. The highest BCUT2D eigenvalue weighted by Gasteiger charge is 2.47. The smallest absolute Gasteiger partial charge is 0.267 e. The zero-order valence-electron chi connectivity index (χ0n) is 17.4. The molecule has 1 aromatic heterocycles. The van der Waals surface area contributed by atoms with Gasteiger partial charge in [-0.2, -0.15) is 0 Å². The Morgan fingerprint density at radius 1 is 1.00 bits per heavy atom. The first-order valence-electron chi connectivity index (χ1n) is 10.4. The van der Waals surface area contributed by atoms with E-state index < -0.39 is 10.0 Å². The molecule has 0 atom stereocenters. The van der Waals surface area contributed by atoms with Crippen molar-refractivity contribution in [2.45, 2.75) is 38.0 Å². The molecule has 1 spiro atoms. The van der Waals surface area contributed by atoms with Gasteiger partial charge >= 0.3 is 0 Å². The highest BCUT2D eigenvalue weighted by Crippen LogP contribution is 2.54. The molecule has 1 aliphatic carbocycles. The molecule has 0 radical (unpaired) electrons. The fourth-order valence-corrected chi connectivity index (χ4v) is 6.08. The number of nitrogens with zero attached hydrogens (tertiary/aromatic N) is 2. The molecule has 0 unspecified atom stereocenters. The van der Waals surface area contributed by atoms with E-state index in [-0.39, 0.29) is 0 Å². The molecule has 2 N–H and O–H groups in total. The Hall–Kier alpha value is -2.73. The molecular weight excluding hydrogens is 394 g/mol. The van der Waals surface area contributed by atoms with Gasteiger partial charge in [-0.05, 0) is 74.4 Å². The lowest BCUT2D eigenvalue weighted by atomic mass is 10.0. The Kier molecular flexibility index (Phi) is 4.26. The van der Waals surface area contributed by atoms with E-state index in [0.29, 0.717) is 16.0 Å². The number of anilines is 2. The minimum Gasteiger partial charge on any atom is -0.399 e. The predicted molar refractivity (Wildman–Crippen MR) is 121 cm³/mol. The van der Waals surface area contributed by atoms with Crippen molar-refractivity contribution in [2.24, 2.45) is 5.41 Å². The maximum absolute atomic E-state index is 13.2. The van der Waals surface area contributed by atoms with Crippen molar-refractivity contribution in [1.82, 2.24) is 3.97 Å². The number of nitrogen functional groups attached to an aromatic ring is 1. The first-order chi connectivity index (χ1) is 14.3. The van der Waals surface area contributed by atoms with Gasteiger partial charge in [0.15, 0.2) is 0 Å². The number of hydrogen-bond donors (Lipinski definition) is 1. The van der Waals surface area contributed by atoms with Crippen molar-refractivity contribution >= 4 is 21.4 Å². The number of benzene rings is 2. The molecule has 3 aromatic rings. The van der Waals surface area contributed by atoms with Gasteiger partial charge in [-0.15, -0.1) is 0 Å². The summed E-state index contributed by atoms with van der Waals surface area (Å²) in [7, 11) is -3.65. The van der Waals surface area contributed by atoms with Crippen LogP contribution in [0.1, 0.15) is 30.4 Å². The molecule has 2 aliphatic rings. The van der Waals surface area contributed by atoms with Crippen molar-refractivity contribution in [1.29, 1.82) is 0 Å². The first-order valence-corrected chi connectivity index (χ1v) is 11.9. The Bertz CT molecular complexity index is 1240. The van der Waals surface area contributed by atoms with E-state index in [9.17, 15) is 8.42 Å². The van der Waals surface area contributed by atoms with Crippen molar-refractivity contribution in [3.8, 4) is 11.1 Å². The zero-order valence-corrected chi connectivity index (χ0v) is 18.2. The van der Waals surface area contributed by atoms with Gasteiger partial charge in [-0.3, -0.25) is 0 Å². The SMILES string of the molecule is Cc1ccc(S(=O)(=O)n2ccc(-c3cc(N)ccc3N3CCC4(CC4)C3)c2)c(C)c1. The quantitative estimate of drug-likeness (QED) is 0.626. The number of nitrogens with two attached hydrogens (primary N) is 1. The Labute approximate surface area is 178 Å². The lowest BCUT2D eigenvalue weighted by Gasteiger charge is -2.22. The van der Waals surface area contributed by atoms with Gasteiger partial charge in [0.25, 0.3) is 10.0 Å². The second-order valence-electron chi connectivity index (χ2n) is 8.95. The van der Waals surface area contributed by atoms with Crippen LogP contribution in [0.15, 0.2) is 59.8 Å². The maximum atomic E-state index is 13.2. The highest BCUT2D eigenvalue weighted by molar-refractivity contribution is 7.90. The zero-order chi connectivity index (χ0) is 21.1. The summed E-state index contributed by atoms with van der Waals surface area (Å²) in [5, 5.41) is 0. The summed E-state index contributed by atoms with van der Waals surface area (Å²) < 4.78 is 27.8. The van der Waals surface area contributed by atoms with Crippen LogP contribution < -0.4 is 10.6 Å². The molecule has 156 valence electrons. The average molecular weight is 422 g/mol. The topological polar surface area (TPSA) is 68.3 Å². The second-order valence-corrected chi connectivity index (χ2v) is 10.8. The highest BCUT2D eigenvalue weighted by atomic mass is 32.2. The molecule has 0 amide bonds. The number of aromatic nitrogens is 1. The Balaban J connectivity index is 1.53. The molecule has 6 heteroatoms. The van der Waals surface area contributed by atoms with Crippen LogP contribution in [0.25, 0.3) is 11.1 Å². The Morgan fingerprint density at radius 2 is 1.80 bits per heavy atom. The van der Waals surface area contributed by atoms with Gasteiger partial charge in [0.05, 0.1) is 4.90 Å². The second kappa shape index (κ2) is 6.64. The van der Waals surface area contributed by atoms with Crippen LogP contribution in [-0.2, 0) is 10.0 Å². The standard InChI is InChI=1S/C24H27N3O2S/c1-17-3-6-23(18(2)13-17)30(28,29)27-11-7-19(15-27)21-14-20(25)4-5-22(21)26-12-10-24(16-26)8-9-24/h3-7,11,13-15H,8-10,12,16,25H2,1-2H3. The third-order valence-corrected chi connectivity index (χ3v) is 8.42. The van der Waals surface area contributed by atoms with Crippen LogP contribution in [0.5, 0.6) is 0 Å². The fourth-order valence-electron chi connectivity index (χ4n) is 4.67. The van der Waals surface area contributed by atoms with Gasteiger partial charge in [0.2, 0.25) is 0 Å². The Morgan fingerprint density at radius 3 is 2.50 bits per heavy atom. The fraction of sp³-hybridized carbons (Fsp3) is 0.333. The van der Waals surface area contributed by atoms with Crippen LogP contribution in [0, 0.1) is 19.3 Å². The number of hydrogen-bond acceptors (Lipinski definition) is 4. The monoisotopic (exact) mass is 421 g/mol. The van der Waals surface area contributed by atoms with Crippen molar-refractivity contribution in [3.05, 3.63) is 66.0 Å². The van der Waals surface area contributed by atoms with Crippen LogP contribution >= 0.6 is 0 Å². The van der Waals surface area contributed by atoms with E-state index >= 15 is 0 Å². The van der Waals surface area contributed by atoms with Crippen LogP contribution in [-0.4, -0.2) is 25.5 Å². The van der Waals surface area contributed by atoms with E-state index in [2.05, 4.69) is 11.0 Å². The molecule has 5 rings (SSSR count). The summed E-state index contributed by atoms with van der Waals surface area (Å²) in [6, 6.07) is 13.2. The summed E-state index contributed by atoms with van der Waals surface area (Å²) in [6.07, 6.45) is 7.20. The van der Waals surface area contributed by atoms with Gasteiger partial charge in [-0.25, -0.2) is 12.4 Å². The van der Waals surface area contributed by atoms with Gasteiger partial charge in [0, 0.05) is 48.0 Å². The molecule has 1 saturated heterocycles. The summed E-state index contributed by atoms with van der Waals surface area (Å²) >= 11 is 0. The number of aryl methyl sites for hydroxylation is 2. The van der Waals surface area contributed by atoms with Gasteiger partial charge in [0.1, 0.15) is 0 Å². The van der Waals surface area contributed by atoms with Gasteiger partial charge < -0.3 is 10.6 Å². The summed E-state index contributed by atoms with van der Waals surface area (Å²) in [4.78, 5) is 2.76. The minimum absolute atomic E-state index is 0.332. The molecule has 2 fully saturated rings. The maximum Gasteiger partial charge on any atom is 0.267 e. The molecule has 0 bridgehead atoms. The van der Waals surface area contributed by atoms with Crippen molar-refractivity contribution < 1.29 is 8.42 Å². The number of rotatable bonds is 4. The van der Waals surface area contributed by atoms with Crippen LogP contribution in [0.3, 0.4) is 0 Å². The van der Waals surface area contributed by atoms with Crippen LogP contribution in [0.2, 0.25) is 0 Å². The van der Waals surface area contributed by atoms with Crippen molar-refractivity contribution in [3.63, 3.8) is 0 Å². The molecule has 30 heavy (non-hydrogen) atoms. The van der Waals surface area contributed by atoms with E-state index in [1.54, 1.807) is 18.5 Å². The summed E-state index contributed by atoms with van der Waals surface area (Å²) in [5.41, 5.74) is 12.1. The van der Waals surface area contributed by atoms with E-state index in [4.69, 9.17) is 5.73 Å².